The highest BCUT2D eigenvalue weighted by atomic mass is 32.2. The third kappa shape index (κ3) is 3.40. The summed E-state index contributed by atoms with van der Waals surface area (Å²) in [4.78, 5) is 4.25. The summed E-state index contributed by atoms with van der Waals surface area (Å²) in [7, 11) is 1.95. The monoisotopic (exact) mass is 310 g/mol. The summed E-state index contributed by atoms with van der Waals surface area (Å²) < 4.78 is 1.95. The van der Waals surface area contributed by atoms with Crippen LogP contribution in [0, 0.1) is 0 Å². The minimum atomic E-state index is -0.494. The van der Waals surface area contributed by atoms with Crippen LogP contribution in [0.2, 0.25) is 0 Å². The first-order valence-electron chi connectivity index (χ1n) is 7.17. The number of hydrogen-bond donors (Lipinski definition) is 1. The maximum Gasteiger partial charge on any atom is 0.167 e. The fraction of sp³-hybridized carbons (Fsp3) is 0.167. The number of thioether (sulfide) groups is 1. The molecule has 0 radical (unpaired) electrons. The first-order chi connectivity index (χ1) is 10.7. The van der Waals surface area contributed by atoms with Crippen LogP contribution in [0.3, 0.4) is 0 Å². The van der Waals surface area contributed by atoms with Gasteiger partial charge in [0.2, 0.25) is 0 Å². The molecule has 0 aliphatic heterocycles. The van der Waals surface area contributed by atoms with Gasteiger partial charge in [0.1, 0.15) is 0 Å². The number of rotatable bonds is 5. The summed E-state index contributed by atoms with van der Waals surface area (Å²) in [6.45, 7) is 0. The molecule has 112 valence electrons. The van der Waals surface area contributed by atoms with E-state index in [1.165, 1.54) is 5.56 Å². The second-order valence-electron chi connectivity index (χ2n) is 5.14. The van der Waals surface area contributed by atoms with E-state index in [1.807, 2.05) is 48.1 Å². The number of aromatic nitrogens is 2. The van der Waals surface area contributed by atoms with Gasteiger partial charge in [0, 0.05) is 25.2 Å². The van der Waals surface area contributed by atoms with Crippen LogP contribution in [-0.4, -0.2) is 20.4 Å². The van der Waals surface area contributed by atoms with Crippen molar-refractivity contribution in [1.82, 2.24) is 9.55 Å². The number of aliphatic hydroxyl groups is 1. The average Bonchev–Trinajstić information content (AvgIpc) is 2.99. The molecule has 3 rings (SSSR count). The van der Waals surface area contributed by atoms with Gasteiger partial charge in [0.15, 0.2) is 5.16 Å². The van der Waals surface area contributed by atoms with Gasteiger partial charge in [-0.3, -0.25) is 0 Å². The van der Waals surface area contributed by atoms with Crippen LogP contribution < -0.4 is 0 Å². The van der Waals surface area contributed by atoms with E-state index in [0.717, 1.165) is 16.3 Å². The van der Waals surface area contributed by atoms with Crippen molar-refractivity contribution in [2.75, 3.05) is 5.75 Å². The Bertz CT molecular complexity index is 722. The van der Waals surface area contributed by atoms with Crippen molar-refractivity contribution in [2.24, 2.45) is 7.05 Å². The van der Waals surface area contributed by atoms with Gasteiger partial charge >= 0.3 is 0 Å². The lowest BCUT2D eigenvalue weighted by Gasteiger charge is -2.11. The number of aliphatic hydroxyl groups excluding tert-OH is 1. The van der Waals surface area contributed by atoms with E-state index < -0.39 is 6.10 Å². The largest absolute Gasteiger partial charge is 0.388 e. The molecule has 4 heteroatoms. The lowest BCUT2D eigenvalue weighted by atomic mass is 10.0. The summed E-state index contributed by atoms with van der Waals surface area (Å²) in [5, 5.41) is 11.2. The third-order valence-corrected chi connectivity index (χ3v) is 4.68. The van der Waals surface area contributed by atoms with Crippen LogP contribution >= 0.6 is 11.8 Å². The molecule has 0 aliphatic rings. The molecule has 0 aliphatic carbocycles. The van der Waals surface area contributed by atoms with Gasteiger partial charge in [0.05, 0.1) is 6.10 Å². The van der Waals surface area contributed by atoms with Crippen molar-refractivity contribution in [3.05, 3.63) is 72.6 Å². The van der Waals surface area contributed by atoms with Gasteiger partial charge in [-0.2, -0.15) is 0 Å². The van der Waals surface area contributed by atoms with Crippen molar-refractivity contribution < 1.29 is 5.11 Å². The Kier molecular flexibility index (Phi) is 4.61. The van der Waals surface area contributed by atoms with E-state index in [9.17, 15) is 5.11 Å². The van der Waals surface area contributed by atoms with Crippen LogP contribution in [0.5, 0.6) is 0 Å². The maximum atomic E-state index is 10.3. The van der Waals surface area contributed by atoms with Gasteiger partial charge in [0.25, 0.3) is 0 Å². The lowest BCUT2D eigenvalue weighted by Crippen LogP contribution is -2.01. The van der Waals surface area contributed by atoms with E-state index in [4.69, 9.17) is 0 Å². The van der Waals surface area contributed by atoms with Crippen LogP contribution in [0.15, 0.2) is 72.1 Å². The zero-order chi connectivity index (χ0) is 15.4. The molecule has 1 aromatic heterocycles. The Balaban J connectivity index is 1.66. The van der Waals surface area contributed by atoms with E-state index in [-0.39, 0.29) is 0 Å². The topological polar surface area (TPSA) is 38.0 Å². The quantitative estimate of drug-likeness (QED) is 0.726. The first kappa shape index (κ1) is 14.9. The summed E-state index contributed by atoms with van der Waals surface area (Å²) >= 11 is 1.56. The highest BCUT2D eigenvalue weighted by Crippen LogP contribution is 2.25. The summed E-state index contributed by atoms with van der Waals surface area (Å²) in [5.74, 6) is 0.593. The van der Waals surface area contributed by atoms with E-state index >= 15 is 0 Å². The number of nitrogens with zero attached hydrogens (tertiary/aromatic N) is 2. The molecular formula is C18H18N2OS. The van der Waals surface area contributed by atoms with Gasteiger partial charge in [-0.25, -0.2) is 4.98 Å². The number of imidazole rings is 1. The molecule has 3 nitrogen and oxygen atoms in total. The van der Waals surface area contributed by atoms with Crippen LogP contribution in [0.1, 0.15) is 11.7 Å². The van der Waals surface area contributed by atoms with Crippen molar-refractivity contribution >= 4 is 11.8 Å². The van der Waals surface area contributed by atoms with Gasteiger partial charge in [-0.05, 0) is 16.7 Å². The zero-order valence-corrected chi connectivity index (χ0v) is 13.2. The van der Waals surface area contributed by atoms with E-state index in [2.05, 4.69) is 29.2 Å². The summed E-state index contributed by atoms with van der Waals surface area (Å²) in [5.41, 5.74) is 3.28. The second-order valence-corrected chi connectivity index (χ2v) is 6.12. The Morgan fingerprint density at radius 3 is 2.36 bits per heavy atom. The minimum Gasteiger partial charge on any atom is -0.388 e. The Morgan fingerprint density at radius 1 is 1.05 bits per heavy atom. The molecule has 1 heterocycles. The molecule has 0 saturated heterocycles. The highest BCUT2D eigenvalue weighted by Gasteiger charge is 2.10. The van der Waals surface area contributed by atoms with E-state index in [0.29, 0.717) is 5.75 Å². The number of aryl methyl sites for hydroxylation is 1. The standard InChI is InChI=1S/C18H18N2OS/c1-20-12-11-19-18(20)22-13-17(21)16-9-7-15(8-10-16)14-5-3-2-4-6-14/h2-12,17,21H,13H2,1H3. The van der Waals surface area contributed by atoms with E-state index in [1.54, 1.807) is 18.0 Å². The predicted molar refractivity (Wildman–Crippen MR) is 90.8 cm³/mol. The smallest absolute Gasteiger partial charge is 0.167 e. The van der Waals surface area contributed by atoms with Crippen molar-refractivity contribution in [3.63, 3.8) is 0 Å². The molecule has 0 bridgehead atoms. The summed E-state index contributed by atoms with van der Waals surface area (Å²) in [6, 6.07) is 18.3. The SMILES string of the molecule is Cn1ccnc1SCC(O)c1ccc(-c2ccccc2)cc1. The third-order valence-electron chi connectivity index (χ3n) is 3.55. The Labute approximate surface area is 134 Å². The molecule has 2 aromatic carbocycles. The number of benzene rings is 2. The molecule has 1 N–H and O–H groups in total. The van der Waals surface area contributed by atoms with Gasteiger partial charge in [-0.1, -0.05) is 66.4 Å². The van der Waals surface area contributed by atoms with Gasteiger partial charge in [-0.15, -0.1) is 0 Å². The fourth-order valence-electron chi connectivity index (χ4n) is 2.27. The van der Waals surface area contributed by atoms with Gasteiger partial charge < -0.3 is 9.67 Å². The molecule has 0 saturated carbocycles. The highest BCUT2D eigenvalue weighted by molar-refractivity contribution is 7.99. The average molecular weight is 310 g/mol. The molecule has 3 aromatic rings. The van der Waals surface area contributed by atoms with Crippen molar-refractivity contribution in [2.45, 2.75) is 11.3 Å². The van der Waals surface area contributed by atoms with Crippen molar-refractivity contribution in [3.8, 4) is 11.1 Å². The molecule has 0 amide bonds. The minimum absolute atomic E-state index is 0.494. The molecule has 1 atom stereocenters. The maximum absolute atomic E-state index is 10.3. The molecule has 1 unspecified atom stereocenters. The molecule has 0 fully saturated rings. The lowest BCUT2D eigenvalue weighted by molar-refractivity contribution is 0.204. The van der Waals surface area contributed by atoms with Crippen LogP contribution in [-0.2, 0) is 7.05 Å². The van der Waals surface area contributed by atoms with Crippen LogP contribution in [0.25, 0.3) is 11.1 Å². The first-order valence-corrected chi connectivity index (χ1v) is 8.16. The fourth-order valence-corrected chi connectivity index (χ4v) is 3.17. The number of hydrogen-bond acceptors (Lipinski definition) is 3. The van der Waals surface area contributed by atoms with Crippen molar-refractivity contribution in [1.29, 1.82) is 0 Å². The predicted octanol–water partition coefficient (Wildman–Crippen LogP) is 3.91. The summed E-state index contributed by atoms with van der Waals surface area (Å²) in [6.07, 6.45) is 3.18. The second kappa shape index (κ2) is 6.81. The normalized spacial score (nSPS) is 12.3. The Hall–Kier alpha value is -2.04. The zero-order valence-electron chi connectivity index (χ0n) is 12.4. The molecule has 22 heavy (non-hydrogen) atoms. The Morgan fingerprint density at radius 2 is 1.73 bits per heavy atom. The molecular weight excluding hydrogens is 292 g/mol. The molecule has 0 spiro atoms. The van der Waals surface area contributed by atoms with Crippen LogP contribution in [0.4, 0.5) is 0 Å².